The van der Waals surface area contributed by atoms with Gasteiger partial charge in [-0.1, -0.05) is 11.6 Å². The van der Waals surface area contributed by atoms with Crippen LogP contribution in [0.1, 0.15) is 24.2 Å². The molecule has 1 aliphatic heterocycles. The summed E-state index contributed by atoms with van der Waals surface area (Å²) in [4.78, 5) is 0. The number of hydrogen-bond acceptors (Lipinski definition) is 3. The van der Waals surface area contributed by atoms with Gasteiger partial charge in [-0.05, 0) is 33.2 Å². The standard InChI is InChI=1S/C13H22ClN3O/c1-10-12(14)11(17(3)16-10)7-13(8-15-2)5-4-6-18-9-13/h15H,4-9H2,1-3H3. The van der Waals surface area contributed by atoms with E-state index in [4.69, 9.17) is 16.3 Å². The quantitative estimate of drug-likeness (QED) is 0.910. The zero-order chi connectivity index (χ0) is 13.2. The van der Waals surface area contributed by atoms with Crippen LogP contribution in [0.5, 0.6) is 0 Å². The molecule has 1 fully saturated rings. The van der Waals surface area contributed by atoms with Crippen LogP contribution >= 0.6 is 11.6 Å². The molecule has 1 aliphatic rings. The summed E-state index contributed by atoms with van der Waals surface area (Å²) in [5, 5.41) is 8.49. The van der Waals surface area contributed by atoms with Crippen molar-refractivity contribution in [3.05, 3.63) is 16.4 Å². The number of halogens is 1. The fraction of sp³-hybridized carbons (Fsp3) is 0.769. The molecule has 0 spiro atoms. The lowest BCUT2D eigenvalue weighted by Gasteiger charge is -2.37. The Kier molecular flexibility index (Phi) is 4.30. The molecule has 0 amide bonds. The second kappa shape index (κ2) is 5.59. The molecule has 102 valence electrons. The fourth-order valence-corrected chi connectivity index (χ4v) is 3.08. The summed E-state index contributed by atoms with van der Waals surface area (Å²) in [5.41, 5.74) is 2.18. The number of nitrogens with one attached hydrogen (secondary N) is 1. The van der Waals surface area contributed by atoms with Gasteiger partial charge < -0.3 is 10.1 Å². The monoisotopic (exact) mass is 271 g/mol. The maximum Gasteiger partial charge on any atom is 0.0847 e. The Morgan fingerprint density at radius 1 is 1.56 bits per heavy atom. The third-order valence-corrected chi connectivity index (χ3v) is 4.25. The Morgan fingerprint density at radius 3 is 2.83 bits per heavy atom. The predicted octanol–water partition coefficient (Wildman–Crippen LogP) is 1.94. The van der Waals surface area contributed by atoms with E-state index >= 15 is 0 Å². The van der Waals surface area contributed by atoms with Gasteiger partial charge in [0.25, 0.3) is 0 Å². The number of aryl methyl sites for hydroxylation is 2. The highest BCUT2D eigenvalue weighted by Gasteiger charge is 2.34. The fourth-order valence-electron chi connectivity index (χ4n) is 2.85. The summed E-state index contributed by atoms with van der Waals surface area (Å²) in [6.45, 7) is 4.58. The maximum atomic E-state index is 6.35. The number of rotatable bonds is 4. The zero-order valence-corrected chi connectivity index (χ0v) is 12.2. The van der Waals surface area contributed by atoms with E-state index in [1.165, 1.54) is 6.42 Å². The van der Waals surface area contributed by atoms with Gasteiger partial charge in [-0.25, -0.2) is 0 Å². The first-order valence-electron chi connectivity index (χ1n) is 6.48. The van der Waals surface area contributed by atoms with Crippen LogP contribution in [-0.4, -0.2) is 36.6 Å². The number of hydrogen-bond donors (Lipinski definition) is 1. The Hall–Kier alpha value is -0.580. The molecule has 1 aromatic rings. The van der Waals surface area contributed by atoms with Gasteiger partial charge in [0, 0.05) is 25.6 Å². The van der Waals surface area contributed by atoms with Crippen LogP contribution < -0.4 is 5.32 Å². The number of ether oxygens (including phenoxy) is 1. The molecule has 0 aromatic carbocycles. The van der Waals surface area contributed by atoms with Crippen molar-refractivity contribution in [1.29, 1.82) is 0 Å². The molecular formula is C13H22ClN3O. The molecule has 0 saturated carbocycles. The van der Waals surface area contributed by atoms with E-state index in [1.54, 1.807) is 0 Å². The summed E-state index contributed by atoms with van der Waals surface area (Å²) in [5.74, 6) is 0. The molecule has 2 heterocycles. The van der Waals surface area contributed by atoms with E-state index in [9.17, 15) is 0 Å². The molecule has 2 rings (SSSR count). The van der Waals surface area contributed by atoms with Gasteiger partial charge in [0.1, 0.15) is 0 Å². The van der Waals surface area contributed by atoms with Gasteiger partial charge in [-0.2, -0.15) is 5.10 Å². The van der Waals surface area contributed by atoms with Crippen molar-refractivity contribution in [2.45, 2.75) is 26.2 Å². The molecule has 1 unspecified atom stereocenters. The average Bonchev–Trinajstić information content (AvgIpc) is 2.58. The van der Waals surface area contributed by atoms with Crippen LogP contribution in [-0.2, 0) is 18.2 Å². The molecule has 18 heavy (non-hydrogen) atoms. The van der Waals surface area contributed by atoms with Crippen LogP contribution in [0.2, 0.25) is 5.02 Å². The van der Waals surface area contributed by atoms with Crippen LogP contribution in [0.4, 0.5) is 0 Å². The van der Waals surface area contributed by atoms with Crippen LogP contribution in [0.3, 0.4) is 0 Å². The highest BCUT2D eigenvalue weighted by atomic mass is 35.5. The van der Waals surface area contributed by atoms with Crippen LogP contribution in [0.25, 0.3) is 0 Å². The van der Waals surface area contributed by atoms with Crippen molar-refractivity contribution in [2.24, 2.45) is 12.5 Å². The molecule has 4 nitrogen and oxygen atoms in total. The molecule has 0 radical (unpaired) electrons. The molecule has 5 heteroatoms. The van der Waals surface area contributed by atoms with Crippen LogP contribution in [0.15, 0.2) is 0 Å². The third-order valence-electron chi connectivity index (χ3n) is 3.76. The molecule has 0 bridgehead atoms. The summed E-state index contributed by atoms with van der Waals surface area (Å²) in [6, 6.07) is 0. The SMILES string of the molecule is CNCC1(Cc2c(Cl)c(C)nn2C)CCCOC1. The zero-order valence-electron chi connectivity index (χ0n) is 11.4. The highest BCUT2D eigenvalue weighted by Crippen LogP contribution is 2.34. The Morgan fingerprint density at radius 2 is 2.33 bits per heavy atom. The van der Waals surface area contributed by atoms with E-state index in [0.29, 0.717) is 0 Å². The highest BCUT2D eigenvalue weighted by molar-refractivity contribution is 6.31. The summed E-state index contributed by atoms with van der Waals surface area (Å²) in [7, 11) is 3.96. The van der Waals surface area contributed by atoms with Crippen LogP contribution in [0, 0.1) is 12.3 Å². The maximum absolute atomic E-state index is 6.35. The number of nitrogens with zero attached hydrogens (tertiary/aromatic N) is 2. The second-order valence-corrected chi connectivity index (χ2v) is 5.71. The van der Waals surface area contributed by atoms with Gasteiger partial charge in [0.05, 0.1) is 23.0 Å². The van der Waals surface area contributed by atoms with Gasteiger partial charge >= 0.3 is 0 Å². The molecule has 1 saturated heterocycles. The van der Waals surface area contributed by atoms with Crippen molar-refractivity contribution in [2.75, 3.05) is 26.8 Å². The predicted molar refractivity (Wildman–Crippen MR) is 73.1 cm³/mol. The first kappa shape index (κ1) is 13.8. The average molecular weight is 272 g/mol. The summed E-state index contributed by atoms with van der Waals surface area (Å²) in [6.07, 6.45) is 3.22. The Bertz CT molecular complexity index is 405. The van der Waals surface area contributed by atoms with E-state index < -0.39 is 0 Å². The van der Waals surface area contributed by atoms with Crippen molar-refractivity contribution >= 4 is 11.6 Å². The van der Waals surface area contributed by atoms with Crippen molar-refractivity contribution in [1.82, 2.24) is 15.1 Å². The van der Waals surface area contributed by atoms with E-state index in [-0.39, 0.29) is 5.41 Å². The molecule has 1 aromatic heterocycles. The van der Waals surface area contributed by atoms with E-state index in [2.05, 4.69) is 10.4 Å². The Labute approximate surface area is 114 Å². The lowest BCUT2D eigenvalue weighted by molar-refractivity contribution is -0.00712. The number of aromatic nitrogens is 2. The molecule has 0 aliphatic carbocycles. The van der Waals surface area contributed by atoms with E-state index in [0.717, 1.165) is 49.0 Å². The lowest BCUT2D eigenvalue weighted by atomic mass is 9.78. The topological polar surface area (TPSA) is 39.1 Å². The lowest BCUT2D eigenvalue weighted by Crippen LogP contribution is -2.42. The first-order chi connectivity index (χ1) is 8.58. The summed E-state index contributed by atoms with van der Waals surface area (Å²) < 4.78 is 7.59. The molecule has 1 N–H and O–H groups in total. The summed E-state index contributed by atoms with van der Waals surface area (Å²) >= 11 is 6.35. The van der Waals surface area contributed by atoms with Gasteiger partial charge in [0.15, 0.2) is 0 Å². The van der Waals surface area contributed by atoms with Gasteiger partial charge in [-0.3, -0.25) is 4.68 Å². The largest absolute Gasteiger partial charge is 0.381 e. The molecular weight excluding hydrogens is 250 g/mol. The van der Waals surface area contributed by atoms with E-state index in [1.807, 2.05) is 25.7 Å². The van der Waals surface area contributed by atoms with Crippen molar-refractivity contribution in [3.63, 3.8) is 0 Å². The first-order valence-corrected chi connectivity index (χ1v) is 6.86. The normalized spacial score (nSPS) is 24.4. The van der Waals surface area contributed by atoms with Crippen molar-refractivity contribution in [3.8, 4) is 0 Å². The van der Waals surface area contributed by atoms with Gasteiger partial charge in [0.2, 0.25) is 0 Å². The third kappa shape index (κ3) is 2.71. The Balaban J connectivity index is 2.22. The molecule has 1 atom stereocenters. The minimum atomic E-state index is 0.150. The van der Waals surface area contributed by atoms with Crippen molar-refractivity contribution < 1.29 is 4.74 Å². The minimum Gasteiger partial charge on any atom is -0.381 e. The van der Waals surface area contributed by atoms with Gasteiger partial charge in [-0.15, -0.1) is 0 Å². The smallest absolute Gasteiger partial charge is 0.0847 e. The minimum absolute atomic E-state index is 0.150. The second-order valence-electron chi connectivity index (χ2n) is 5.33.